The molecule has 3 rings (SSSR count). The molecular formula is C18H20FN3O. The van der Waals surface area contributed by atoms with E-state index < -0.39 is 0 Å². The Morgan fingerprint density at radius 1 is 0.957 bits per heavy atom. The predicted octanol–water partition coefficient (Wildman–Crippen LogP) is 2.30. The lowest BCUT2D eigenvalue weighted by atomic mass is 10.1. The molecule has 0 spiro atoms. The highest BCUT2D eigenvalue weighted by molar-refractivity contribution is 5.79. The zero-order valence-corrected chi connectivity index (χ0v) is 12.9. The smallest absolute Gasteiger partial charge is 0.227 e. The molecule has 1 amide bonds. The number of benzene rings is 2. The monoisotopic (exact) mass is 313 g/mol. The van der Waals surface area contributed by atoms with Gasteiger partial charge in [0.15, 0.2) is 0 Å². The lowest BCUT2D eigenvalue weighted by Crippen LogP contribution is -2.49. The number of nitrogens with zero attached hydrogens (tertiary/aromatic N) is 2. The minimum atomic E-state index is -0.279. The fourth-order valence-corrected chi connectivity index (χ4v) is 2.79. The highest BCUT2D eigenvalue weighted by Gasteiger charge is 2.21. The van der Waals surface area contributed by atoms with Crippen molar-refractivity contribution >= 4 is 17.3 Å². The molecule has 2 aromatic rings. The van der Waals surface area contributed by atoms with Gasteiger partial charge in [-0.1, -0.05) is 12.1 Å². The third-order valence-corrected chi connectivity index (χ3v) is 4.16. The number of nitrogen functional groups attached to an aromatic ring is 1. The van der Waals surface area contributed by atoms with Crippen molar-refractivity contribution in [3.05, 3.63) is 59.9 Å². The van der Waals surface area contributed by atoms with Crippen LogP contribution in [0, 0.1) is 5.82 Å². The number of hydrogen-bond donors (Lipinski definition) is 1. The van der Waals surface area contributed by atoms with Crippen LogP contribution < -0.4 is 10.6 Å². The lowest BCUT2D eigenvalue weighted by molar-refractivity contribution is -0.130. The molecule has 0 aromatic heterocycles. The molecule has 0 radical (unpaired) electrons. The average molecular weight is 313 g/mol. The van der Waals surface area contributed by atoms with E-state index in [0.717, 1.165) is 30.0 Å². The molecule has 1 aliphatic rings. The second-order valence-electron chi connectivity index (χ2n) is 5.76. The van der Waals surface area contributed by atoms with Crippen LogP contribution in [0.1, 0.15) is 5.56 Å². The summed E-state index contributed by atoms with van der Waals surface area (Å²) in [5, 5.41) is 0. The van der Waals surface area contributed by atoms with Crippen LogP contribution in [-0.4, -0.2) is 37.0 Å². The zero-order valence-electron chi connectivity index (χ0n) is 12.9. The number of amides is 1. The predicted molar refractivity (Wildman–Crippen MR) is 89.8 cm³/mol. The van der Waals surface area contributed by atoms with Gasteiger partial charge < -0.3 is 15.5 Å². The first-order chi connectivity index (χ1) is 11.1. The van der Waals surface area contributed by atoms with Gasteiger partial charge in [0.2, 0.25) is 5.91 Å². The van der Waals surface area contributed by atoms with E-state index >= 15 is 0 Å². The van der Waals surface area contributed by atoms with Crippen LogP contribution in [0.15, 0.2) is 48.5 Å². The fraction of sp³-hybridized carbons (Fsp3) is 0.278. The van der Waals surface area contributed by atoms with Gasteiger partial charge in [-0.2, -0.15) is 0 Å². The summed E-state index contributed by atoms with van der Waals surface area (Å²) in [6.07, 6.45) is 0.322. The second-order valence-corrected chi connectivity index (χ2v) is 5.76. The van der Waals surface area contributed by atoms with Crippen LogP contribution in [0.5, 0.6) is 0 Å². The Hall–Kier alpha value is -2.56. The molecule has 0 aliphatic carbocycles. The topological polar surface area (TPSA) is 49.6 Å². The van der Waals surface area contributed by atoms with Gasteiger partial charge in [0.1, 0.15) is 5.82 Å². The maximum absolute atomic E-state index is 12.9. The molecule has 1 saturated heterocycles. The average Bonchev–Trinajstić information content (AvgIpc) is 2.58. The van der Waals surface area contributed by atoms with E-state index in [4.69, 9.17) is 5.73 Å². The standard InChI is InChI=1S/C18H20FN3O/c19-15-3-1-14(2-4-15)13-18(23)22-11-9-21(10-12-22)17-7-5-16(20)6-8-17/h1-8H,9-13,20H2. The van der Waals surface area contributed by atoms with E-state index in [2.05, 4.69) is 4.90 Å². The van der Waals surface area contributed by atoms with Crippen LogP contribution >= 0.6 is 0 Å². The van der Waals surface area contributed by atoms with E-state index in [1.807, 2.05) is 29.2 Å². The van der Waals surface area contributed by atoms with Gasteiger partial charge in [-0.15, -0.1) is 0 Å². The van der Waals surface area contributed by atoms with Gasteiger partial charge in [-0.25, -0.2) is 4.39 Å². The Labute approximate surface area is 135 Å². The highest BCUT2D eigenvalue weighted by atomic mass is 19.1. The van der Waals surface area contributed by atoms with Crippen molar-refractivity contribution in [3.63, 3.8) is 0 Å². The Kier molecular flexibility index (Phi) is 4.46. The molecule has 2 aromatic carbocycles. The summed E-state index contributed by atoms with van der Waals surface area (Å²) in [6.45, 7) is 3.01. The molecule has 1 heterocycles. The van der Waals surface area contributed by atoms with Crippen LogP contribution in [0.25, 0.3) is 0 Å². The van der Waals surface area contributed by atoms with Gasteiger partial charge >= 0.3 is 0 Å². The molecule has 1 aliphatic heterocycles. The summed E-state index contributed by atoms with van der Waals surface area (Å²) in [5.74, 6) is -0.188. The first-order valence-corrected chi connectivity index (χ1v) is 7.74. The number of hydrogen-bond acceptors (Lipinski definition) is 3. The van der Waals surface area contributed by atoms with E-state index in [1.165, 1.54) is 12.1 Å². The Balaban J connectivity index is 1.54. The molecule has 0 bridgehead atoms. The molecule has 2 N–H and O–H groups in total. The molecule has 0 saturated carbocycles. The number of halogens is 1. The van der Waals surface area contributed by atoms with Crippen molar-refractivity contribution in [3.8, 4) is 0 Å². The van der Waals surface area contributed by atoms with Gasteiger partial charge in [0.05, 0.1) is 6.42 Å². The van der Waals surface area contributed by atoms with E-state index in [1.54, 1.807) is 12.1 Å². The summed E-state index contributed by atoms with van der Waals surface area (Å²) in [6, 6.07) is 13.9. The molecule has 23 heavy (non-hydrogen) atoms. The quantitative estimate of drug-likeness (QED) is 0.885. The highest BCUT2D eigenvalue weighted by Crippen LogP contribution is 2.18. The van der Waals surface area contributed by atoms with Gasteiger partial charge in [0, 0.05) is 37.6 Å². The van der Waals surface area contributed by atoms with Crippen molar-refractivity contribution in [2.24, 2.45) is 0 Å². The largest absolute Gasteiger partial charge is 0.399 e. The van der Waals surface area contributed by atoms with Gasteiger partial charge in [0.25, 0.3) is 0 Å². The zero-order chi connectivity index (χ0) is 16.2. The van der Waals surface area contributed by atoms with Gasteiger partial charge in [-0.05, 0) is 42.0 Å². The third-order valence-electron chi connectivity index (χ3n) is 4.16. The van der Waals surface area contributed by atoms with Crippen molar-refractivity contribution in [2.45, 2.75) is 6.42 Å². The normalized spacial score (nSPS) is 14.8. The molecule has 0 unspecified atom stereocenters. The molecule has 5 heteroatoms. The maximum Gasteiger partial charge on any atom is 0.227 e. The molecular weight excluding hydrogens is 293 g/mol. The minimum Gasteiger partial charge on any atom is -0.399 e. The Morgan fingerprint density at radius 2 is 1.57 bits per heavy atom. The van der Waals surface area contributed by atoms with Gasteiger partial charge in [-0.3, -0.25) is 4.79 Å². The summed E-state index contributed by atoms with van der Waals surface area (Å²) < 4.78 is 12.9. The third kappa shape index (κ3) is 3.80. The number of anilines is 2. The summed E-state index contributed by atoms with van der Waals surface area (Å²) in [4.78, 5) is 16.5. The summed E-state index contributed by atoms with van der Waals surface area (Å²) in [7, 11) is 0. The van der Waals surface area contributed by atoms with Crippen LogP contribution in [-0.2, 0) is 11.2 Å². The summed E-state index contributed by atoms with van der Waals surface area (Å²) in [5.41, 5.74) is 8.43. The first kappa shape index (κ1) is 15.3. The number of piperazine rings is 1. The number of nitrogens with two attached hydrogens (primary N) is 1. The van der Waals surface area contributed by atoms with Crippen molar-refractivity contribution in [1.29, 1.82) is 0 Å². The maximum atomic E-state index is 12.9. The number of carbonyl (C=O) groups is 1. The number of carbonyl (C=O) groups excluding carboxylic acids is 1. The number of rotatable bonds is 3. The Bertz CT molecular complexity index is 662. The SMILES string of the molecule is Nc1ccc(N2CCN(C(=O)Cc3ccc(F)cc3)CC2)cc1. The van der Waals surface area contributed by atoms with E-state index in [-0.39, 0.29) is 11.7 Å². The summed E-state index contributed by atoms with van der Waals surface area (Å²) >= 11 is 0. The van der Waals surface area contributed by atoms with E-state index in [0.29, 0.717) is 19.5 Å². The van der Waals surface area contributed by atoms with E-state index in [9.17, 15) is 9.18 Å². The minimum absolute atomic E-state index is 0.0913. The van der Waals surface area contributed by atoms with Crippen molar-refractivity contribution < 1.29 is 9.18 Å². The van der Waals surface area contributed by atoms with Crippen LogP contribution in [0.4, 0.5) is 15.8 Å². The molecule has 0 atom stereocenters. The fourth-order valence-electron chi connectivity index (χ4n) is 2.79. The molecule has 4 nitrogen and oxygen atoms in total. The molecule has 1 fully saturated rings. The Morgan fingerprint density at radius 3 is 2.17 bits per heavy atom. The van der Waals surface area contributed by atoms with Crippen LogP contribution in [0.2, 0.25) is 0 Å². The first-order valence-electron chi connectivity index (χ1n) is 7.74. The lowest BCUT2D eigenvalue weighted by Gasteiger charge is -2.36. The van der Waals surface area contributed by atoms with Crippen molar-refractivity contribution in [2.75, 3.05) is 36.8 Å². The molecule has 120 valence electrons. The second kappa shape index (κ2) is 6.69. The van der Waals surface area contributed by atoms with Crippen LogP contribution in [0.3, 0.4) is 0 Å². The van der Waals surface area contributed by atoms with Crippen molar-refractivity contribution in [1.82, 2.24) is 4.90 Å².